The van der Waals surface area contributed by atoms with Gasteiger partial charge in [0.15, 0.2) is 0 Å². The smallest absolute Gasteiger partial charge is 0.253 e. The number of carbonyl (C=O) groups excluding carboxylic acids is 1. The monoisotopic (exact) mass is 344 g/mol. The van der Waals surface area contributed by atoms with E-state index in [2.05, 4.69) is 22.2 Å². The highest BCUT2D eigenvalue weighted by atomic mass is 32.2. The largest absolute Gasteiger partial charge is 0.351 e. The summed E-state index contributed by atoms with van der Waals surface area (Å²) < 4.78 is 25.3. The Bertz CT molecular complexity index is 844. The summed E-state index contributed by atoms with van der Waals surface area (Å²) in [7, 11) is -3.44. The Morgan fingerprint density at radius 1 is 1.04 bits per heavy atom. The van der Waals surface area contributed by atoms with Crippen LogP contribution in [0.4, 0.5) is 5.69 Å². The number of anilines is 1. The third-order valence-electron chi connectivity index (χ3n) is 4.29. The molecule has 2 aromatic rings. The number of amides is 1. The first-order chi connectivity index (χ1) is 11.4. The molecule has 0 bridgehead atoms. The highest BCUT2D eigenvalue weighted by Gasteiger charge is 2.44. The zero-order chi connectivity index (χ0) is 17.2. The Morgan fingerprint density at radius 2 is 1.67 bits per heavy atom. The van der Waals surface area contributed by atoms with E-state index in [4.69, 9.17) is 0 Å². The molecule has 0 atom stereocenters. The zero-order valence-corrected chi connectivity index (χ0v) is 14.3. The fourth-order valence-electron chi connectivity index (χ4n) is 2.82. The Kier molecular flexibility index (Phi) is 4.32. The van der Waals surface area contributed by atoms with Crippen molar-refractivity contribution in [1.82, 2.24) is 5.32 Å². The van der Waals surface area contributed by atoms with Gasteiger partial charge in [-0.25, -0.2) is 8.42 Å². The molecular weight excluding hydrogens is 324 g/mol. The van der Waals surface area contributed by atoms with Crippen LogP contribution in [0.15, 0.2) is 54.6 Å². The van der Waals surface area contributed by atoms with Crippen molar-refractivity contribution < 1.29 is 13.2 Å². The summed E-state index contributed by atoms with van der Waals surface area (Å²) in [6.45, 7) is 0.545. The van der Waals surface area contributed by atoms with Gasteiger partial charge in [-0.3, -0.25) is 9.52 Å². The lowest BCUT2D eigenvalue weighted by atomic mass is 9.96. The molecule has 0 radical (unpaired) electrons. The Labute approximate surface area is 142 Å². The minimum absolute atomic E-state index is 0.0100. The molecule has 1 aliphatic carbocycles. The van der Waals surface area contributed by atoms with Crippen molar-refractivity contribution in [3.63, 3.8) is 0 Å². The number of carbonyl (C=O) groups is 1. The minimum atomic E-state index is -3.44. The van der Waals surface area contributed by atoms with Crippen LogP contribution in [0, 0.1) is 0 Å². The molecule has 3 rings (SSSR count). The molecular formula is C18H20N2O3S. The molecule has 5 nitrogen and oxygen atoms in total. The molecule has 0 heterocycles. The number of sulfonamides is 1. The van der Waals surface area contributed by atoms with Crippen molar-refractivity contribution in [1.29, 1.82) is 0 Å². The molecule has 1 fully saturated rings. The van der Waals surface area contributed by atoms with Crippen LogP contribution in [-0.2, 0) is 15.4 Å². The molecule has 0 unspecified atom stereocenters. The van der Waals surface area contributed by atoms with E-state index in [0.717, 1.165) is 19.1 Å². The van der Waals surface area contributed by atoms with Crippen LogP contribution in [0.3, 0.4) is 0 Å². The summed E-state index contributed by atoms with van der Waals surface area (Å²) in [5, 5.41) is 2.95. The van der Waals surface area contributed by atoms with Crippen LogP contribution >= 0.6 is 0 Å². The maximum Gasteiger partial charge on any atom is 0.253 e. The first kappa shape index (κ1) is 16.5. The molecule has 126 valence electrons. The van der Waals surface area contributed by atoms with E-state index in [1.165, 1.54) is 5.56 Å². The highest BCUT2D eigenvalue weighted by molar-refractivity contribution is 7.92. The molecule has 1 aliphatic rings. The SMILES string of the molecule is CS(=O)(=O)Nc1ccccc1C(=O)NCC1(c2ccccc2)CC1. The van der Waals surface area contributed by atoms with Gasteiger partial charge in [-0.2, -0.15) is 0 Å². The van der Waals surface area contributed by atoms with Gasteiger partial charge in [0.2, 0.25) is 10.0 Å². The van der Waals surface area contributed by atoms with Crippen LogP contribution in [0.5, 0.6) is 0 Å². The van der Waals surface area contributed by atoms with E-state index >= 15 is 0 Å². The van der Waals surface area contributed by atoms with E-state index in [0.29, 0.717) is 17.8 Å². The molecule has 1 saturated carbocycles. The fourth-order valence-corrected chi connectivity index (χ4v) is 3.40. The van der Waals surface area contributed by atoms with Gasteiger partial charge in [0.1, 0.15) is 0 Å². The number of hydrogen-bond donors (Lipinski definition) is 2. The van der Waals surface area contributed by atoms with Crippen LogP contribution in [0.1, 0.15) is 28.8 Å². The second kappa shape index (κ2) is 6.28. The first-order valence-corrected chi connectivity index (χ1v) is 9.69. The fraction of sp³-hybridized carbons (Fsp3) is 0.278. The number of benzene rings is 2. The second-order valence-electron chi connectivity index (χ2n) is 6.25. The topological polar surface area (TPSA) is 75.3 Å². The average molecular weight is 344 g/mol. The second-order valence-corrected chi connectivity index (χ2v) is 8.00. The third kappa shape index (κ3) is 3.76. The lowest BCUT2D eigenvalue weighted by Crippen LogP contribution is -2.32. The van der Waals surface area contributed by atoms with Gasteiger partial charge in [0.05, 0.1) is 17.5 Å². The molecule has 0 spiro atoms. The molecule has 0 saturated heterocycles. The van der Waals surface area contributed by atoms with Crippen molar-refractivity contribution in [2.75, 3.05) is 17.5 Å². The molecule has 2 N–H and O–H groups in total. The standard InChI is InChI=1S/C18H20N2O3S/c1-24(22,23)20-16-10-6-5-9-15(16)17(21)19-13-18(11-12-18)14-7-3-2-4-8-14/h2-10,20H,11-13H2,1H3,(H,19,21). The maximum absolute atomic E-state index is 12.5. The normalized spacial score (nSPS) is 15.5. The zero-order valence-electron chi connectivity index (χ0n) is 13.5. The van der Waals surface area contributed by atoms with Crippen LogP contribution < -0.4 is 10.0 Å². The van der Waals surface area contributed by atoms with Crippen molar-refractivity contribution in [3.8, 4) is 0 Å². The lowest BCUT2D eigenvalue weighted by molar-refractivity contribution is 0.0950. The average Bonchev–Trinajstić information content (AvgIpc) is 3.34. The minimum Gasteiger partial charge on any atom is -0.351 e. The van der Waals surface area contributed by atoms with Gasteiger partial charge in [-0.05, 0) is 30.5 Å². The predicted octanol–water partition coefficient (Wildman–Crippen LogP) is 2.52. The number of para-hydroxylation sites is 1. The van der Waals surface area contributed by atoms with E-state index in [9.17, 15) is 13.2 Å². The summed E-state index contributed by atoms with van der Waals surface area (Å²) >= 11 is 0. The summed E-state index contributed by atoms with van der Waals surface area (Å²) in [5.41, 5.74) is 1.86. The van der Waals surface area contributed by atoms with Crippen molar-refractivity contribution in [2.24, 2.45) is 0 Å². The molecule has 0 aliphatic heterocycles. The summed E-state index contributed by atoms with van der Waals surface area (Å²) in [6.07, 6.45) is 3.15. The van der Waals surface area contributed by atoms with Gasteiger partial charge in [0, 0.05) is 12.0 Å². The summed E-state index contributed by atoms with van der Waals surface area (Å²) in [6, 6.07) is 16.8. The van der Waals surface area contributed by atoms with E-state index < -0.39 is 10.0 Å². The molecule has 6 heteroatoms. The molecule has 24 heavy (non-hydrogen) atoms. The van der Waals surface area contributed by atoms with E-state index in [1.807, 2.05) is 18.2 Å². The van der Waals surface area contributed by atoms with E-state index in [1.54, 1.807) is 24.3 Å². The lowest BCUT2D eigenvalue weighted by Gasteiger charge is -2.17. The Morgan fingerprint density at radius 3 is 2.29 bits per heavy atom. The molecule has 1 amide bonds. The first-order valence-electron chi connectivity index (χ1n) is 7.80. The molecule has 2 aromatic carbocycles. The quantitative estimate of drug-likeness (QED) is 0.845. The third-order valence-corrected chi connectivity index (χ3v) is 4.88. The van der Waals surface area contributed by atoms with Gasteiger partial charge in [0.25, 0.3) is 5.91 Å². The molecule has 0 aromatic heterocycles. The van der Waals surface area contributed by atoms with Crippen molar-refractivity contribution in [2.45, 2.75) is 18.3 Å². The number of hydrogen-bond acceptors (Lipinski definition) is 3. The summed E-state index contributed by atoms with van der Waals surface area (Å²) in [4.78, 5) is 12.5. The van der Waals surface area contributed by atoms with Gasteiger partial charge < -0.3 is 5.32 Å². The predicted molar refractivity (Wildman–Crippen MR) is 94.6 cm³/mol. The number of nitrogens with one attached hydrogen (secondary N) is 2. The van der Waals surface area contributed by atoms with Crippen LogP contribution in [-0.4, -0.2) is 27.1 Å². The van der Waals surface area contributed by atoms with Gasteiger partial charge >= 0.3 is 0 Å². The number of rotatable bonds is 6. The Hall–Kier alpha value is -2.34. The van der Waals surface area contributed by atoms with Crippen molar-refractivity contribution >= 4 is 21.6 Å². The highest BCUT2D eigenvalue weighted by Crippen LogP contribution is 2.47. The van der Waals surface area contributed by atoms with Gasteiger partial charge in [-0.1, -0.05) is 42.5 Å². The van der Waals surface area contributed by atoms with Crippen LogP contribution in [0.2, 0.25) is 0 Å². The van der Waals surface area contributed by atoms with E-state index in [-0.39, 0.29) is 11.3 Å². The maximum atomic E-state index is 12.5. The Balaban J connectivity index is 1.73. The van der Waals surface area contributed by atoms with Crippen molar-refractivity contribution in [3.05, 3.63) is 65.7 Å². The van der Waals surface area contributed by atoms with Gasteiger partial charge in [-0.15, -0.1) is 0 Å². The summed E-state index contributed by atoms with van der Waals surface area (Å²) in [5.74, 6) is -0.274. The van der Waals surface area contributed by atoms with Crippen LogP contribution in [0.25, 0.3) is 0 Å².